The largest absolute Gasteiger partial charge is 0.383 e. The van der Waals surface area contributed by atoms with Gasteiger partial charge in [-0.2, -0.15) is 0 Å². The van der Waals surface area contributed by atoms with Gasteiger partial charge in [0.05, 0.1) is 18.2 Å². The predicted octanol–water partition coefficient (Wildman–Crippen LogP) is 1.57. The zero-order valence-corrected chi connectivity index (χ0v) is 11.2. The molecule has 102 valence electrons. The molecule has 3 N–H and O–H groups in total. The molecule has 1 heterocycles. The fourth-order valence-electron chi connectivity index (χ4n) is 1.90. The van der Waals surface area contributed by atoms with Crippen LogP contribution in [-0.2, 0) is 16.1 Å². The summed E-state index contributed by atoms with van der Waals surface area (Å²) in [5.41, 5.74) is 7.36. The highest BCUT2D eigenvalue weighted by atomic mass is 16.5. The number of ether oxygens (including phenoxy) is 1. The summed E-state index contributed by atoms with van der Waals surface area (Å²) in [4.78, 5) is 11.6. The zero-order valence-electron chi connectivity index (χ0n) is 11.2. The van der Waals surface area contributed by atoms with Crippen molar-refractivity contribution in [1.29, 1.82) is 0 Å². The molecule has 0 radical (unpaired) electrons. The number of fused-ring (bicyclic) bond motifs is 1. The SMILES string of the molecule is COCCn1ccc2ccc(NC(=O)C(C)N)cc21. The van der Waals surface area contributed by atoms with E-state index in [-0.39, 0.29) is 5.91 Å². The number of amides is 1. The molecule has 1 aromatic heterocycles. The van der Waals surface area contributed by atoms with Gasteiger partial charge < -0.3 is 20.4 Å². The van der Waals surface area contributed by atoms with Crippen LogP contribution >= 0.6 is 0 Å². The van der Waals surface area contributed by atoms with Gasteiger partial charge in [0.2, 0.25) is 5.91 Å². The summed E-state index contributed by atoms with van der Waals surface area (Å²) in [6, 6.07) is 7.34. The molecule has 1 aromatic carbocycles. The minimum absolute atomic E-state index is 0.186. The van der Waals surface area contributed by atoms with Crippen LogP contribution in [0, 0.1) is 0 Å². The number of nitrogens with zero attached hydrogens (tertiary/aromatic N) is 1. The first-order chi connectivity index (χ1) is 9.11. The third-order valence-corrected chi connectivity index (χ3v) is 2.99. The van der Waals surface area contributed by atoms with Crippen molar-refractivity contribution in [2.75, 3.05) is 19.0 Å². The standard InChI is InChI=1S/C14H19N3O2/c1-10(15)14(18)16-12-4-3-11-5-6-17(7-8-19-2)13(11)9-12/h3-6,9-10H,7-8,15H2,1-2H3,(H,16,18). The first-order valence-electron chi connectivity index (χ1n) is 6.26. The van der Waals surface area contributed by atoms with Crippen molar-refractivity contribution in [3.8, 4) is 0 Å². The van der Waals surface area contributed by atoms with Crippen LogP contribution in [-0.4, -0.2) is 30.2 Å². The molecule has 2 aromatic rings. The number of benzene rings is 1. The lowest BCUT2D eigenvalue weighted by Crippen LogP contribution is -2.32. The molecule has 5 heteroatoms. The van der Waals surface area contributed by atoms with Crippen LogP contribution in [0.25, 0.3) is 10.9 Å². The van der Waals surface area contributed by atoms with Crippen molar-refractivity contribution in [2.45, 2.75) is 19.5 Å². The Morgan fingerprint density at radius 3 is 2.95 bits per heavy atom. The highest BCUT2D eigenvalue weighted by Crippen LogP contribution is 2.20. The summed E-state index contributed by atoms with van der Waals surface area (Å²) >= 11 is 0. The van der Waals surface area contributed by atoms with Crippen LogP contribution in [0.2, 0.25) is 0 Å². The molecule has 0 bridgehead atoms. The first-order valence-corrected chi connectivity index (χ1v) is 6.26. The third kappa shape index (κ3) is 3.13. The van der Waals surface area contributed by atoms with E-state index in [4.69, 9.17) is 10.5 Å². The van der Waals surface area contributed by atoms with Crippen molar-refractivity contribution in [3.63, 3.8) is 0 Å². The number of methoxy groups -OCH3 is 1. The van der Waals surface area contributed by atoms with E-state index >= 15 is 0 Å². The predicted molar refractivity (Wildman–Crippen MR) is 76.1 cm³/mol. The van der Waals surface area contributed by atoms with Gasteiger partial charge in [-0.1, -0.05) is 6.07 Å². The number of anilines is 1. The topological polar surface area (TPSA) is 69.3 Å². The molecule has 0 spiro atoms. The minimum Gasteiger partial charge on any atom is -0.383 e. The van der Waals surface area contributed by atoms with Crippen molar-refractivity contribution < 1.29 is 9.53 Å². The number of hydrogen-bond donors (Lipinski definition) is 2. The van der Waals surface area contributed by atoms with E-state index in [0.29, 0.717) is 6.61 Å². The number of carbonyl (C=O) groups excluding carboxylic acids is 1. The second-order valence-electron chi connectivity index (χ2n) is 4.55. The van der Waals surface area contributed by atoms with Gasteiger partial charge in [-0.05, 0) is 30.5 Å². The number of rotatable bonds is 5. The van der Waals surface area contributed by atoms with Gasteiger partial charge in [0.25, 0.3) is 0 Å². The smallest absolute Gasteiger partial charge is 0.240 e. The quantitative estimate of drug-likeness (QED) is 0.858. The van der Waals surface area contributed by atoms with Crippen molar-refractivity contribution in [1.82, 2.24) is 4.57 Å². The molecule has 1 amide bonds. The lowest BCUT2D eigenvalue weighted by molar-refractivity contribution is -0.117. The van der Waals surface area contributed by atoms with Crippen LogP contribution in [0.1, 0.15) is 6.92 Å². The van der Waals surface area contributed by atoms with E-state index in [1.807, 2.05) is 30.5 Å². The molecule has 1 unspecified atom stereocenters. The van der Waals surface area contributed by atoms with Gasteiger partial charge in [0, 0.05) is 25.5 Å². The van der Waals surface area contributed by atoms with Crippen LogP contribution in [0.15, 0.2) is 30.5 Å². The van der Waals surface area contributed by atoms with Gasteiger partial charge in [-0.25, -0.2) is 0 Å². The summed E-state index contributed by atoms with van der Waals surface area (Å²) in [5.74, 6) is -0.186. The number of aromatic nitrogens is 1. The molecule has 0 aliphatic rings. The number of nitrogens with two attached hydrogens (primary N) is 1. The molecule has 0 aliphatic heterocycles. The lowest BCUT2D eigenvalue weighted by Gasteiger charge is -2.09. The Balaban J connectivity index is 2.25. The van der Waals surface area contributed by atoms with Crippen molar-refractivity contribution in [2.24, 2.45) is 5.73 Å². The Hall–Kier alpha value is -1.85. The van der Waals surface area contributed by atoms with E-state index in [0.717, 1.165) is 23.1 Å². The minimum atomic E-state index is -0.518. The number of hydrogen-bond acceptors (Lipinski definition) is 3. The maximum atomic E-state index is 11.6. The van der Waals surface area contributed by atoms with Gasteiger partial charge in [-0.3, -0.25) is 4.79 Å². The summed E-state index contributed by atoms with van der Waals surface area (Å²) in [5, 5.41) is 3.93. The van der Waals surface area contributed by atoms with Crippen LogP contribution < -0.4 is 11.1 Å². The molecule has 0 saturated heterocycles. The second kappa shape index (κ2) is 5.86. The van der Waals surface area contributed by atoms with E-state index in [9.17, 15) is 4.79 Å². The molecule has 0 fully saturated rings. The summed E-state index contributed by atoms with van der Waals surface area (Å²) in [6.07, 6.45) is 2.01. The van der Waals surface area contributed by atoms with Gasteiger partial charge >= 0.3 is 0 Å². The summed E-state index contributed by atoms with van der Waals surface area (Å²) in [6.45, 7) is 3.10. The molecule has 1 atom stereocenters. The highest BCUT2D eigenvalue weighted by molar-refractivity contribution is 5.96. The average Bonchev–Trinajstić information content (AvgIpc) is 2.78. The fourth-order valence-corrected chi connectivity index (χ4v) is 1.90. The van der Waals surface area contributed by atoms with Crippen molar-refractivity contribution in [3.05, 3.63) is 30.5 Å². The normalized spacial score (nSPS) is 12.6. The van der Waals surface area contributed by atoms with Gasteiger partial charge in [0.15, 0.2) is 0 Å². The van der Waals surface area contributed by atoms with E-state index in [1.54, 1.807) is 14.0 Å². The lowest BCUT2D eigenvalue weighted by atomic mass is 10.2. The Morgan fingerprint density at radius 1 is 1.47 bits per heavy atom. The number of nitrogens with one attached hydrogen (secondary N) is 1. The molecule has 0 saturated carbocycles. The highest BCUT2D eigenvalue weighted by Gasteiger charge is 2.08. The first kappa shape index (κ1) is 13.6. The average molecular weight is 261 g/mol. The Kier molecular flexibility index (Phi) is 4.19. The van der Waals surface area contributed by atoms with E-state index in [1.165, 1.54) is 0 Å². The molecule has 2 rings (SSSR count). The van der Waals surface area contributed by atoms with Gasteiger partial charge in [-0.15, -0.1) is 0 Å². The fraction of sp³-hybridized carbons (Fsp3) is 0.357. The van der Waals surface area contributed by atoms with Crippen LogP contribution in [0.5, 0.6) is 0 Å². The zero-order chi connectivity index (χ0) is 13.8. The maximum absolute atomic E-state index is 11.6. The maximum Gasteiger partial charge on any atom is 0.240 e. The molecule has 19 heavy (non-hydrogen) atoms. The van der Waals surface area contributed by atoms with E-state index < -0.39 is 6.04 Å². The Morgan fingerprint density at radius 2 is 2.26 bits per heavy atom. The van der Waals surface area contributed by atoms with Crippen LogP contribution in [0.3, 0.4) is 0 Å². The van der Waals surface area contributed by atoms with E-state index in [2.05, 4.69) is 9.88 Å². The Labute approximate surface area is 112 Å². The summed E-state index contributed by atoms with van der Waals surface area (Å²) < 4.78 is 7.18. The molecular weight excluding hydrogens is 242 g/mol. The molecule has 0 aliphatic carbocycles. The molecular formula is C14H19N3O2. The summed E-state index contributed by atoms with van der Waals surface area (Å²) in [7, 11) is 1.68. The van der Waals surface area contributed by atoms with Crippen molar-refractivity contribution >= 4 is 22.5 Å². The number of carbonyl (C=O) groups is 1. The Bertz CT molecular complexity index is 575. The second-order valence-corrected chi connectivity index (χ2v) is 4.55. The monoisotopic (exact) mass is 261 g/mol. The molecule has 5 nitrogen and oxygen atoms in total. The van der Waals surface area contributed by atoms with Crippen LogP contribution in [0.4, 0.5) is 5.69 Å². The third-order valence-electron chi connectivity index (χ3n) is 2.99. The van der Waals surface area contributed by atoms with Gasteiger partial charge in [0.1, 0.15) is 0 Å².